The van der Waals surface area contributed by atoms with Crippen molar-refractivity contribution in [3.63, 3.8) is 0 Å². The molecule has 0 aliphatic carbocycles. The van der Waals surface area contributed by atoms with Crippen molar-refractivity contribution in [2.45, 2.75) is 19.3 Å². The predicted molar refractivity (Wildman–Crippen MR) is 73.2 cm³/mol. The summed E-state index contributed by atoms with van der Waals surface area (Å²) in [5.74, 6) is 1.08. The van der Waals surface area contributed by atoms with Gasteiger partial charge >= 0.3 is 0 Å². The summed E-state index contributed by atoms with van der Waals surface area (Å²) in [7, 11) is 3.50. The largest absolute Gasteiger partial charge is 0.497 e. The topological polar surface area (TPSA) is 44.1 Å². The first kappa shape index (κ1) is 13.3. The number of carbonyl (C=O) groups is 1. The molecule has 0 atom stereocenters. The molecule has 2 aromatic rings. The van der Waals surface area contributed by atoms with Gasteiger partial charge in [-0.2, -0.15) is 5.10 Å². The van der Waals surface area contributed by atoms with Gasteiger partial charge in [-0.1, -0.05) is 12.1 Å². The molecule has 0 aliphatic heterocycles. The maximum atomic E-state index is 11.9. The number of hydrogen-bond donors (Lipinski definition) is 0. The molecule has 4 heteroatoms. The van der Waals surface area contributed by atoms with Crippen LogP contribution in [-0.4, -0.2) is 22.7 Å². The Morgan fingerprint density at radius 1 is 1.26 bits per heavy atom. The second-order valence-electron chi connectivity index (χ2n) is 4.59. The van der Waals surface area contributed by atoms with E-state index in [1.807, 2.05) is 37.5 Å². The maximum Gasteiger partial charge on any atom is 0.137 e. The van der Waals surface area contributed by atoms with Gasteiger partial charge in [0.25, 0.3) is 0 Å². The molecule has 0 aliphatic rings. The van der Waals surface area contributed by atoms with E-state index in [0.29, 0.717) is 12.8 Å². The van der Waals surface area contributed by atoms with Crippen LogP contribution in [-0.2, 0) is 24.7 Å². The number of Topliss-reactive ketones (excluding diaryl/α,β-unsaturated/α-hetero) is 1. The molecule has 0 unspecified atom stereocenters. The lowest BCUT2D eigenvalue weighted by atomic mass is 10.0. The molecule has 0 amide bonds. The van der Waals surface area contributed by atoms with Crippen LogP contribution in [0.5, 0.6) is 5.75 Å². The summed E-state index contributed by atoms with van der Waals surface area (Å²) < 4.78 is 6.81. The van der Waals surface area contributed by atoms with E-state index < -0.39 is 0 Å². The SMILES string of the molecule is COc1ccc(CCC(=O)Cc2cnn(C)c2)cc1. The van der Waals surface area contributed by atoms with Gasteiger partial charge in [0.05, 0.1) is 13.3 Å². The minimum Gasteiger partial charge on any atom is -0.497 e. The number of rotatable bonds is 6. The Morgan fingerprint density at radius 3 is 2.58 bits per heavy atom. The molecular weight excluding hydrogens is 240 g/mol. The molecule has 0 fully saturated rings. The summed E-state index contributed by atoms with van der Waals surface area (Å²) in [4.78, 5) is 11.9. The molecule has 100 valence electrons. The highest BCUT2D eigenvalue weighted by atomic mass is 16.5. The molecule has 1 heterocycles. The molecule has 0 N–H and O–H groups in total. The van der Waals surface area contributed by atoms with Gasteiger partial charge in [-0.3, -0.25) is 9.48 Å². The Hall–Kier alpha value is -2.10. The first-order valence-corrected chi connectivity index (χ1v) is 6.29. The third kappa shape index (κ3) is 3.95. The fourth-order valence-corrected chi connectivity index (χ4v) is 1.96. The first-order chi connectivity index (χ1) is 9.17. The Morgan fingerprint density at radius 2 is 2.00 bits per heavy atom. The van der Waals surface area contributed by atoms with E-state index in [4.69, 9.17) is 4.74 Å². The van der Waals surface area contributed by atoms with Crippen LogP contribution in [0.1, 0.15) is 17.5 Å². The van der Waals surface area contributed by atoms with Crippen molar-refractivity contribution in [2.24, 2.45) is 7.05 Å². The molecule has 1 aromatic carbocycles. The molecule has 4 nitrogen and oxygen atoms in total. The van der Waals surface area contributed by atoms with Crippen molar-refractivity contribution < 1.29 is 9.53 Å². The van der Waals surface area contributed by atoms with Crippen molar-refractivity contribution in [3.05, 3.63) is 47.8 Å². The second kappa shape index (κ2) is 6.18. The van der Waals surface area contributed by atoms with Gasteiger partial charge < -0.3 is 4.74 Å². The van der Waals surface area contributed by atoms with Crippen LogP contribution in [0.2, 0.25) is 0 Å². The number of benzene rings is 1. The van der Waals surface area contributed by atoms with Gasteiger partial charge in [-0.25, -0.2) is 0 Å². The zero-order valence-electron chi connectivity index (χ0n) is 11.3. The fraction of sp³-hybridized carbons (Fsp3) is 0.333. The van der Waals surface area contributed by atoms with Crippen molar-refractivity contribution in [2.75, 3.05) is 7.11 Å². The summed E-state index contributed by atoms with van der Waals surface area (Å²) in [5.41, 5.74) is 2.13. The van der Waals surface area contributed by atoms with Crippen molar-refractivity contribution in [1.29, 1.82) is 0 Å². The van der Waals surface area contributed by atoms with E-state index in [9.17, 15) is 4.79 Å². The monoisotopic (exact) mass is 258 g/mol. The van der Waals surface area contributed by atoms with Crippen molar-refractivity contribution in [1.82, 2.24) is 9.78 Å². The quantitative estimate of drug-likeness (QED) is 0.797. The number of hydrogen-bond acceptors (Lipinski definition) is 3. The average molecular weight is 258 g/mol. The highest BCUT2D eigenvalue weighted by Gasteiger charge is 2.06. The van der Waals surface area contributed by atoms with E-state index in [2.05, 4.69) is 5.10 Å². The highest BCUT2D eigenvalue weighted by Crippen LogP contribution is 2.13. The standard InChI is InChI=1S/C15H18N2O2/c1-17-11-13(10-16-17)9-14(18)6-3-12-4-7-15(19-2)8-5-12/h4-5,7-8,10-11H,3,6,9H2,1-2H3. The van der Waals surface area contributed by atoms with Crippen LogP contribution in [0.3, 0.4) is 0 Å². The van der Waals surface area contributed by atoms with Gasteiger partial charge in [-0.05, 0) is 29.7 Å². The van der Waals surface area contributed by atoms with E-state index in [1.54, 1.807) is 18.0 Å². The number of ketones is 1. The van der Waals surface area contributed by atoms with Gasteiger partial charge in [0.2, 0.25) is 0 Å². The van der Waals surface area contributed by atoms with Crippen LogP contribution in [0, 0.1) is 0 Å². The number of carbonyl (C=O) groups excluding carboxylic acids is 1. The first-order valence-electron chi connectivity index (χ1n) is 6.29. The average Bonchev–Trinajstić information content (AvgIpc) is 2.82. The summed E-state index contributed by atoms with van der Waals surface area (Å²) in [6.07, 6.45) is 5.41. The van der Waals surface area contributed by atoms with Gasteiger partial charge in [0.1, 0.15) is 11.5 Å². The van der Waals surface area contributed by atoms with E-state index >= 15 is 0 Å². The molecule has 0 spiro atoms. The normalized spacial score (nSPS) is 10.4. The summed E-state index contributed by atoms with van der Waals surface area (Å²) in [5, 5.41) is 4.06. The highest BCUT2D eigenvalue weighted by molar-refractivity contribution is 5.80. The van der Waals surface area contributed by atoms with Crippen LogP contribution in [0.25, 0.3) is 0 Å². The van der Waals surface area contributed by atoms with Crippen molar-refractivity contribution >= 4 is 5.78 Å². The zero-order chi connectivity index (χ0) is 13.7. The summed E-state index contributed by atoms with van der Waals surface area (Å²) in [6.45, 7) is 0. The van der Waals surface area contributed by atoms with Crippen LogP contribution in [0.4, 0.5) is 0 Å². The van der Waals surface area contributed by atoms with E-state index in [0.717, 1.165) is 23.3 Å². The number of aromatic nitrogens is 2. The molecular formula is C15H18N2O2. The second-order valence-corrected chi connectivity index (χ2v) is 4.59. The summed E-state index contributed by atoms with van der Waals surface area (Å²) in [6, 6.07) is 7.83. The van der Waals surface area contributed by atoms with Gasteiger partial charge in [0, 0.05) is 26.1 Å². The Balaban J connectivity index is 1.82. The Kier molecular flexibility index (Phi) is 4.34. The van der Waals surface area contributed by atoms with Gasteiger partial charge in [-0.15, -0.1) is 0 Å². The molecule has 2 rings (SSSR count). The zero-order valence-corrected chi connectivity index (χ0v) is 11.3. The van der Waals surface area contributed by atoms with Crippen LogP contribution >= 0.6 is 0 Å². The smallest absolute Gasteiger partial charge is 0.137 e. The van der Waals surface area contributed by atoms with Gasteiger partial charge in [0.15, 0.2) is 0 Å². The minimum atomic E-state index is 0.240. The number of nitrogens with zero attached hydrogens (tertiary/aromatic N) is 2. The maximum absolute atomic E-state index is 11.9. The molecule has 0 radical (unpaired) electrons. The lowest BCUT2D eigenvalue weighted by molar-refractivity contribution is -0.118. The number of aryl methyl sites for hydroxylation is 2. The minimum absolute atomic E-state index is 0.240. The molecule has 0 saturated heterocycles. The lowest BCUT2D eigenvalue weighted by Gasteiger charge is -2.03. The van der Waals surface area contributed by atoms with Crippen LogP contribution < -0.4 is 4.74 Å². The Labute approximate surface area is 113 Å². The lowest BCUT2D eigenvalue weighted by Crippen LogP contribution is -2.03. The molecule has 1 aromatic heterocycles. The van der Waals surface area contributed by atoms with E-state index in [-0.39, 0.29) is 5.78 Å². The molecule has 0 bridgehead atoms. The van der Waals surface area contributed by atoms with E-state index in [1.165, 1.54) is 0 Å². The fourth-order valence-electron chi connectivity index (χ4n) is 1.96. The molecule has 0 saturated carbocycles. The van der Waals surface area contributed by atoms with Crippen molar-refractivity contribution in [3.8, 4) is 5.75 Å². The number of ether oxygens (including phenoxy) is 1. The van der Waals surface area contributed by atoms with Crippen LogP contribution in [0.15, 0.2) is 36.7 Å². The number of methoxy groups -OCH3 is 1. The summed E-state index contributed by atoms with van der Waals surface area (Å²) >= 11 is 0. The predicted octanol–water partition coefficient (Wildman–Crippen LogP) is 2.17. The third-order valence-electron chi connectivity index (χ3n) is 3.01. The molecule has 19 heavy (non-hydrogen) atoms. The third-order valence-corrected chi connectivity index (χ3v) is 3.01. The Bertz CT molecular complexity index is 544.